The average molecular weight is 396 g/mol. The van der Waals surface area contributed by atoms with Gasteiger partial charge in [-0.2, -0.15) is 13.9 Å². The number of carbonyl (C=O) groups is 1. The van der Waals surface area contributed by atoms with Gasteiger partial charge in [-0.05, 0) is 36.4 Å². The summed E-state index contributed by atoms with van der Waals surface area (Å²) in [5, 5.41) is 4.50. The standard InChI is InChI=1S/C20H14F2N4O3/c21-20(22)29-15-8-6-13(7-9-15)17(27)11-25-12-23-18-16(19(25)28)10-24-26(18)14-4-2-1-3-5-14/h1-10,12,20H,11H2. The van der Waals surface area contributed by atoms with Crippen LogP contribution in [0.4, 0.5) is 8.78 Å². The normalized spacial score (nSPS) is 11.1. The number of rotatable bonds is 6. The highest BCUT2D eigenvalue weighted by Crippen LogP contribution is 2.16. The molecule has 0 bridgehead atoms. The minimum atomic E-state index is -2.94. The van der Waals surface area contributed by atoms with E-state index in [2.05, 4.69) is 14.8 Å². The van der Waals surface area contributed by atoms with E-state index in [-0.39, 0.29) is 29.0 Å². The zero-order valence-corrected chi connectivity index (χ0v) is 14.9. The fourth-order valence-electron chi connectivity index (χ4n) is 2.89. The molecule has 9 heteroatoms. The Morgan fingerprint density at radius 3 is 2.48 bits per heavy atom. The van der Waals surface area contributed by atoms with E-state index in [4.69, 9.17) is 0 Å². The molecule has 0 aliphatic heterocycles. The van der Waals surface area contributed by atoms with Crippen LogP contribution in [0.1, 0.15) is 10.4 Å². The third-order valence-corrected chi connectivity index (χ3v) is 4.27. The molecule has 29 heavy (non-hydrogen) atoms. The van der Waals surface area contributed by atoms with Gasteiger partial charge in [0.1, 0.15) is 17.5 Å². The Hall–Kier alpha value is -3.88. The maximum atomic E-state index is 12.7. The Morgan fingerprint density at radius 1 is 1.07 bits per heavy atom. The van der Waals surface area contributed by atoms with Gasteiger partial charge in [0.2, 0.25) is 0 Å². The van der Waals surface area contributed by atoms with Gasteiger partial charge >= 0.3 is 6.61 Å². The number of ether oxygens (including phenoxy) is 1. The van der Waals surface area contributed by atoms with Crippen LogP contribution < -0.4 is 10.3 Å². The lowest BCUT2D eigenvalue weighted by Crippen LogP contribution is -2.24. The molecule has 0 radical (unpaired) electrons. The lowest BCUT2D eigenvalue weighted by atomic mass is 10.1. The topological polar surface area (TPSA) is 79.0 Å². The molecule has 0 fully saturated rings. The van der Waals surface area contributed by atoms with Gasteiger partial charge in [0.15, 0.2) is 11.4 Å². The number of hydrogen-bond donors (Lipinski definition) is 0. The van der Waals surface area contributed by atoms with Crippen molar-refractivity contribution in [1.82, 2.24) is 19.3 Å². The first-order chi connectivity index (χ1) is 14.0. The number of benzene rings is 2. The van der Waals surface area contributed by atoms with Crippen molar-refractivity contribution >= 4 is 16.8 Å². The van der Waals surface area contributed by atoms with E-state index in [0.717, 1.165) is 5.69 Å². The Labute approximate surface area is 162 Å². The maximum Gasteiger partial charge on any atom is 0.387 e. The van der Waals surface area contributed by atoms with E-state index >= 15 is 0 Å². The van der Waals surface area contributed by atoms with E-state index in [1.807, 2.05) is 30.3 Å². The fraction of sp³-hybridized carbons (Fsp3) is 0.100. The van der Waals surface area contributed by atoms with Crippen molar-refractivity contribution in [3.05, 3.63) is 83.0 Å². The van der Waals surface area contributed by atoms with Crippen molar-refractivity contribution in [2.75, 3.05) is 0 Å². The molecular formula is C20H14F2N4O3. The van der Waals surface area contributed by atoms with Gasteiger partial charge in [0.25, 0.3) is 5.56 Å². The summed E-state index contributed by atoms with van der Waals surface area (Å²) in [6.07, 6.45) is 2.70. The van der Waals surface area contributed by atoms with Crippen molar-refractivity contribution in [3.63, 3.8) is 0 Å². The number of alkyl halides is 2. The average Bonchev–Trinajstić information content (AvgIpc) is 3.16. The molecule has 0 amide bonds. The molecule has 2 heterocycles. The number of ketones is 1. The Kier molecular flexibility index (Phi) is 4.86. The van der Waals surface area contributed by atoms with Gasteiger partial charge in [-0.25, -0.2) is 9.67 Å². The zero-order chi connectivity index (χ0) is 20.4. The van der Waals surface area contributed by atoms with E-state index in [1.54, 1.807) is 4.68 Å². The second-order valence-electron chi connectivity index (χ2n) is 6.13. The predicted octanol–water partition coefficient (Wildman–Crippen LogP) is 3.07. The highest BCUT2D eigenvalue weighted by molar-refractivity contribution is 5.96. The van der Waals surface area contributed by atoms with Crippen LogP contribution in [0.3, 0.4) is 0 Å². The lowest BCUT2D eigenvalue weighted by Gasteiger charge is -2.07. The summed E-state index contributed by atoms with van der Waals surface area (Å²) in [6.45, 7) is -3.18. The summed E-state index contributed by atoms with van der Waals surface area (Å²) < 4.78 is 31.4. The monoisotopic (exact) mass is 396 g/mol. The molecule has 0 N–H and O–H groups in total. The van der Waals surface area contributed by atoms with Crippen LogP contribution in [0, 0.1) is 0 Å². The first-order valence-electron chi connectivity index (χ1n) is 8.59. The largest absolute Gasteiger partial charge is 0.435 e. The van der Waals surface area contributed by atoms with Crippen LogP contribution in [0.2, 0.25) is 0 Å². The van der Waals surface area contributed by atoms with Crippen LogP contribution in [0.15, 0.2) is 71.9 Å². The van der Waals surface area contributed by atoms with Crippen molar-refractivity contribution in [2.45, 2.75) is 13.2 Å². The Morgan fingerprint density at radius 2 is 1.79 bits per heavy atom. The number of fused-ring (bicyclic) bond motifs is 1. The molecule has 4 aromatic rings. The van der Waals surface area contributed by atoms with Gasteiger partial charge in [0, 0.05) is 5.56 Å². The maximum absolute atomic E-state index is 12.7. The van der Waals surface area contributed by atoms with Gasteiger partial charge in [0.05, 0.1) is 18.4 Å². The third kappa shape index (κ3) is 3.75. The molecule has 2 aromatic carbocycles. The van der Waals surface area contributed by atoms with Crippen molar-refractivity contribution in [1.29, 1.82) is 0 Å². The van der Waals surface area contributed by atoms with Gasteiger partial charge in [-0.3, -0.25) is 14.2 Å². The van der Waals surface area contributed by atoms with Crippen LogP contribution in [-0.2, 0) is 6.54 Å². The highest BCUT2D eigenvalue weighted by atomic mass is 19.3. The summed E-state index contributed by atoms with van der Waals surface area (Å²) in [7, 11) is 0. The highest BCUT2D eigenvalue weighted by Gasteiger charge is 2.14. The molecule has 0 aliphatic carbocycles. The summed E-state index contributed by atoms with van der Waals surface area (Å²) in [5.41, 5.74) is 1.01. The number of Topliss-reactive ketones (excluding diaryl/α,β-unsaturated/α-hetero) is 1. The molecule has 0 atom stereocenters. The van der Waals surface area contributed by atoms with Gasteiger partial charge in [-0.15, -0.1) is 0 Å². The number of carbonyl (C=O) groups excluding carboxylic acids is 1. The number of hydrogen-bond acceptors (Lipinski definition) is 5. The summed E-state index contributed by atoms with van der Waals surface area (Å²) in [4.78, 5) is 29.5. The molecule has 146 valence electrons. The summed E-state index contributed by atoms with van der Waals surface area (Å²) in [5.74, 6) is -0.419. The van der Waals surface area contributed by atoms with Gasteiger partial charge in [-0.1, -0.05) is 18.2 Å². The first kappa shape index (κ1) is 18.5. The number of nitrogens with zero attached hydrogens (tertiary/aromatic N) is 4. The minimum Gasteiger partial charge on any atom is -0.435 e. The second-order valence-corrected chi connectivity index (χ2v) is 6.13. The van der Waals surface area contributed by atoms with Crippen LogP contribution >= 0.6 is 0 Å². The van der Waals surface area contributed by atoms with Crippen LogP contribution in [0.25, 0.3) is 16.7 Å². The molecular weight excluding hydrogens is 382 g/mol. The SMILES string of the molecule is O=C(Cn1cnc2c(cnn2-c2ccccc2)c1=O)c1ccc(OC(F)F)cc1. The van der Waals surface area contributed by atoms with Crippen molar-refractivity contribution < 1.29 is 18.3 Å². The Balaban J connectivity index is 1.59. The van der Waals surface area contributed by atoms with E-state index in [1.165, 1.54) is 41.4 Å². The molecule has 2 aromatic heterocycles. The number of halogens is 2. The second kappa shape index (κ2) is 7.63. The molecule has 0 spiro atoms. The van der Waals surface area contributed by atoms with E-state index in [0.29, 0.717) is 5.65 Å². The van der Waals surface area contributed by atoms with E-state index in [9.17, 15) is 18.4 Å². The Bertz CT molecular complexity index is 1220. The first-order valence-corrected chi connectivity index (χ1v) is 8.59. The minimum absolute atomic E-state index is 0.0508. The smallest absolute Gasteiger partial charge is 0.387 e. The van der Waals surface area contributed by atoms with Crippen molar-refractivity contribution in [3.8, 4) is 11.4 Å². The van der Waals surface area contributed by atoms with E-state index < -0.39 is 12.2 Å². The zero-order valence-electron chi connectivity index (χ0n) is 14.9. The fourth-order valence-corrected chi connectivity index (χ4v) is 2.89. The lowest BCUT2D eigenvalue weighted by molar-refractivity contribution is -0.0498. The van der Waals surface area contributed by atoms with Crippen molar-refractivity contribution in [2.24, 2.45) is 0 Å². The van der Waals surface area contributed by atoms with Gasteiger partial charge < -0.3 is 4.74 Å². The third-order valence-electron chi connectivity index (χ3n) is 4.27. The number of aromatic nitrogens is 4. The van der Waals surface area contributed by atoms with Crippen LogP contribution in [0.5, 0.6) is 5.75 Å². The summed E-state index contributed by atoms with van der Waals surface area (Å²) >= 11 is 0. The number of para-hydroxylation sites is 1. The molecule has 4 rings (SSSR count). The molecule has 0 saturated heterocycles. The molecule has 0 saturated carbocycles. The predicted molar refractivity (Wildman–Crippen MR) is 101 cm³/mol. The summed E-state index contributed by atoms with van der Waals surface area (Å²) in [6, 6.07) is 14.5. The molecule has 0 aliphatic rings. The quantitative estimate of drug-likeness (QED) is 0.468. The molecule has 0 unspecified atom stereocenters. The molecule has 7 nitrogen and oxygen atoms in total. The van der Waals surface area contributed by atoms with Crippen LogP contribution in [-0.4, -0.2) is 31.7 Å².